The van der Waals surface area contributed by atoms with Crippen LogP contribution in [-0.4, -0.2) is 0 Å². The molecule has 0 spiro atoms. The van der Waals surface area contributed by atoms with E-state index in [1.165, 1.54) is 59.0 Å². The van der Waals surface area contributed by atoms with Gasteiger partial charge in [-0.15, -0.1) is 0 Å². The Labute approximate surface area is 178 Å². The maximum Gasteiger partial charge on any atom is 0.220 e. The Morgan fingerprint density at radius 2 is 1.79 bits per heavy atom. The van der Waals surface area contributed by atoms with Crippen LogP contribution in [0.5, 0.6) is 0 Å². The van der Waals surface area contributed by atoms with Gasteiger partial charge < -0.3 is 0 Å². The topological polar surface area (TPSA) is 3.88 Å². The van der Waals surface area contributed by atoms with Crippen molar-refractivity contribution in [1.29, 1.82) is 0 Å². The van der Waals surface area contributed by atoms with Gasteiger partial charge in [-0.25, -0.2) is 0 Å². The first-order valence-electron chi connectivity index (χ1n) is 11.7. The zero-order valence-electron chi connectivity index (χ0n) is 20.0. The molecule has 3 aromatic rings. The molecule has 152 valence electrons. The Kier molecular flexibility index (Phi) is 4.94. The van der Waals surface area contributed by atoms with Gasteiger partial charge in [0.2, 0.25) is 5.69 Å². The predicted octanol–water partition coefficient (Wildman–Crippen LogP) is 7.19. The second-order valence-corrected chi connectivity index (χ2v) is 9.86. The van der Waals surface area contributed by atoms with Crippen LogP contribution in [0.4, 0.5) is 0 Å². The van der Waals surface area contributed by atoms with Gasteiger partial charge in [0, 0.05) is 18.5 Å². The third-order valence-corrected chi connectivity index (χ3v) is 7.23. The minimum atomic E-state index is 0.479. The predicted molar refractivity (Wildman–Crippen MR) is 124 cm³/mol. The number of fused-ring (bicyclic) bond motifs is 1. The quantitative estimate of drug-likeness (QED) is 0.419. The molecular formula is C28H36N+. The fraction of sp³-hybridized carbons (Fsp3) is 0.464. The molecule has 1 aliphatic rings. The van der Waals surface area contributed by atoms with Crippen LogP contribution in [0.25, 0.3) is 22.0 Å². The van der Waals surface area contributed by atoms with E-state index in [2.05, 4.69) is 82.6 Å². The van der Waals surface area contributed by atoms with Crippen LogP contribution in [0.2, 0.25) is 0 Å². The molecule has 2 aromatic carbocycles. The number of hydrogen-bond donors (Lipinski definition) is 0. The highest BCUT2D eigenvalue weighted by Gasteiger charge is 2.28. The number of nitrogens with zero attached hydrogens (tertiary/aromatic N) is 1. The van der Waals surface area contributed by atoms with Crippen LogP contribution in [0.1, 0.15) is 76.1 Å². The molecule has 29 heavy (non-hydrogen) atoms. The first-order valence-corrected chi connectivity index (χ1v) is 11.2. The fourth-order valence-electron chi connectivity index (χ4n) is 4.96. The van der Waals surface area contributed by atoms with Crippen molar-refractivity contribution in [1.82, 2.24) is 0 Å². The third-order valence-electron chi connectivity index (χ3n) is 7.23. The van der Waals surface area contributed by atoms with E-state index in [0.717, 1.165) is 17.5 Å². The van der Waals surface area contributed by atoms with Gasteiger partial charge in [-0.1, -0.05) is 45.0 Å². The molecule has 0 saturated heterocycles. The van der Waals surface area contributed by atoms with Crippen molar-refractivity contribution in [3.63, 3.8) is 0 Å². The van der Waals surface area contributed by atoms with Crippen molar-refractivity contribution in [2.75, 3.05) is 0 Å². The SMILES string of the molecule is [2H]c1c(C)[n+](C)c(-c2cc(CC)ccc2C)c2ccc(C3CCC(C)(C)CC3)cc12. The number of aryl methyl sites for hydroxylation is 2. The van der Waals surface area contributed by atoms with E-state index >= 15 is 0 Å². The molecule has 0 bridgehead atoms. The summed E-state index contributed by atoms with van der Waals surface area (Å²) in [5.74, 6) is 0.629. The summed E-state index contributed by atoms with van der Waals surface area (Å²) < 4.78 is 11.1. The molecule has 1 fully saturated rings. The van der Waals surface area contributed by atoms with E-state index in [1.54, 1.807) is 0 Å². The van der Waals surface area contributed by atoms with Gasteiger partial charge >= 0.3 is 0 Å². The maximum absolute atomic E-state index is 8.87. The van der Waals surface area contributed by atoms with Crippen molar-refractivity contribution in [2.45, 2.75) is 72.6 Å². The summed E-state index contributed by atoms with van der Waals surface area (Å²) in [5, 5.41) is 2.30. The van der Waals surface area contributed by atoms with Gasteiger partial charge in [-0.05, 0) is 84.6 Å². The summed E-state index contributed by atoms with van der Waals surface area (Å²) in [6, 6.07) is 14.4. The number of rotatable bonds is 3. The van der Waals surface area contributed by atoms with E-state index < -0.39 is 0 Å². The van der Waals surface area contributed by atoms with E-state index in [-0.39, 0.29) is 0 Å². The monoisotopic (exact) mass is 387 g/mol. The standard InChI is InChI=1S/C28H36N/c1-7-21-9-8-19(2)26(17-21)27-25-11-10-23(18-24(25)16-20(3)29(27)6)22-12-14-28(4,5)15-13-22/h8-11,16-18,22H,7,12-15H2,1-6H3/q+1/i16D. The molecule has 0 atom stereocenters. The molecule has 1 heteroatoms. The molecule has 0 aliphatic heterocycles. The fourth-order valence-corrected chi connectivity index (χ4v) is 4.96. The lowest BCUT2D eigenvalue weighted by Gasteiger charge is -2.34. The van der Waals surface area contributed by atoms with Gasteiger partial charge in [0.05, 0.1) is 6.76 Å². The van der Waals surface area contributed by atoms with Crippen molar-refractivity contribution < 1.29 is 5.94 Å². The minimum Gasteiger partial charge on any atom is -0.198 e. The van der Waals surface area contributed by atoms with Gasteiger partial charge in [0.1, 0.15) is 7.05 Å². The zero-order chi connectivity index (χ0) is 21.6. The van der Waals surface area contributed by atoms with Gasteiger partial charge in [-0.3, -0.25) is 0 Å². The summed E-state index contributed by atoms with van der Waals surface area (Å²) in [6.45, 7) is 11.3. The van der Waals surface area contributed by atoms with Crippen molar-refractivity contribution >= 4 is 10.8 Å². The van der Waals surface area contributed by atoms with E-state index in [4.69, 9.17) is 1.37 Å². The first-order chi connectivity index (χ1) is 14.2. The molecule has 1 aromatic heterocycles. The number of hydrogen-bond acceptors (Lipinski definition) is 0. The normalized spacial score (nSPS) is 17.5. The summed E-state index contributed by atoms with van der Waals surface area (Å²) in [7, 11) is 2.11. The highest BCUT2D eigenvalue weighted by atomic mass is 14.9. The Bertz CT molecular complexity index is 1100. The van der Waals surface area contributed by atoms with Crippen LogP contribution in [0, 0.1) is 19.3 Å². The Morgan fingerprint density at radius 1 is 1.07 bits per heavy atom. The van der Waals surface area contributed by atoms with Gasteiger partial charge in [-0.2, -0.15) is 4.57 Å². The number of pyridine rings is 1. The van der Waals surface area contributed by atoms with E-state index in [0.29, 0.717) is 17.4 Å². The molecule has 4 rings (SSSR count). The van der Waals surface area contributed by atoms with E-state index in [9.17, 15) is 0 Å². The Morgan fingerprint density at radius 3 is 2.48 bits per heavy atom. The molecule has 0 amide bonds. The molecule has 0 radical (unpaired) electrons. The molecular weight excluding hydrogens is 350 g/mol. The maximum atomic E-state index is 8.87. The van der Waals surface area contributed by atoms with Crippen LogP contribution >= 0.6 is 0 Å². The highest BCUT2D eigenvalue weighted by Crippen LogP contribution is 2.43. The largest absolute Gasteiger partial charge is 0.220 e. The second kappa shape index (κ2) is 7.59. The average Bonchev–Trinajstić information content (AvgIpc) is 2.73. The third kappa shape index (κ3) is 3.84. The Hall–Kier alpha value is -2.15. The van der Waals surface area contributed by atoms with Crippen molar-refractivity contribution in [3.8, 4) is 11.3 Å². The lowest BCUT2D eigenvalue weighted by Crippen LogP contribution is -2.35. The zero-order valence-corrected chi connectivity index (χ0v) is 19.0. The summed E-state index contributed by atoms with van der Waals surface area (Å²) in [5.41, 5.74) is 8.11. The lowest BCUT2D eigenvalue weighted by molar-refractivity contribution is -0.665. The summed E-state index contributed by atoms with van der Waals surface area (Å²) in [6.07, 6.45) is 6.14. The molecule has 1 aliphatic carbocycles. The smallest absolute Gasteiger partial charge is 0.198 e. The van der Waals surface area contributed by atoms with Crippen LogP contribution < -0.4 is 4.57 Å². The number of aromatic nitrogens is 1. The van der Waals surface area contributed by atoms with Crippen molar-refractivity contribution in [2.24, 2.45) is 12.5 Å². The van der Waals surface area contributed by atoms with E-state index in [1.807, 2.05) is 0 Å². The van der Waals surface area contributed by atoms with Crippen molar-refractivity contribution in [3.05, 3.63) is 64.8 Å². The molecule has 0 unspecified atom stereocenters. The molecule has 1 heterocycles. The van der Waals surface area contributed by atoms with Gasteiger partial charge in [0.15, 0.2) is 5.69 Å². The molecule has 1 saturated carbocycles. The Balaban J connectivity index is 1.89. The van der Waals surface area contributed by atoms with Crippen LogP contribution in [0.15, 0.2) is 42.4 Å². The summed E-state index contributed by atoms with van der Waals surface area (Å²) in [4.78, 5) is 0. The molecule has 1 nitrogen and oxygen atoms in total. The first kappa shape index (κ1) is 18.9. The lowest BCUT2D eigenvalue weighted by atomic mass is 9.71. The summed E-state index contributed by atoms with van der Waals surface area (Å²) >= 11 is 0. The average molecular weight is 388 g/mol. The highest BCUT2D eigenvalue weighted by molar-refractivity contribution is 5.94. The number of benzene rings is 2. The second-order valence-electron chi connectivity index (χ2n) is 9.86. The molecule has 0 N–H and O–H groups in total. The van der Waals surface area contributed by atoms with Crippen LogP contribution in [0.3, 0.4) is 0 Å². The van der Waals surface area contributed by atoms with Crippen LogP contribution in [-0.2, 0) is 13.5 Å². The van der Waals surface area contributed by atoms with Gasteiger partial charge in [0.25, 0.3) is 0 Å². The minimum absolute atomic E-state index is 0.479.